The van der Waals surface area contributed by atoms with Crippen molar-refractivity contribution in [3.8, 4) is 11.5 Å². The van der Waals surface area contributed by atoms with Gasteiger partial charge in [0, 0.05) is 43.8 Å². The molecule has 22 heavy (non-hydrogen) atoms. The van der Waals surface area contributed by atoms with E-state index in [0.29, 0.717) is 23.9 Å². The zero-order valence-corrected chi connectivity index (χ0v) is 14.1. The molecule has 1 N–H and O–H groups in total. The third kappa shape index (κ3) is 5.02. The Morgan fingerprint density at radius 1 is 1.27 bits per heavy atom. The Hall–Kier alpha value is -1.01. The van der Waals surface area contributed by atoms with Crippen LogP contribution in [0.2, 0.25) is 5.02 Å². The fourth-order valence-corrected chi connectivity index (χ4v) is 2.65. The molecule has 124 valence electrons. The summed E-state index contributed by atoms with van der Waals surface area (Å²) in [6, 6.07) is 3.76. The molecule has 0 unspecified atom stereocenters. The number of nitrogens with zero attached hydrogens (tertiary/aromatic N) is 1. The van der Waals surface area contributed by atoms with Crippen molar-refractivity contribution in [3.05, 3.63) is 22.7 Å². The van der Waals surface area contributed by atoms with Gasteiger partial charge in [0.25, 0.3) is 0 Å². The largest absolute Gasteiger partial charge is 0.493 e. The summed E-state index contributed by atoms with van der Waals surface area (Å²) in [5, 5.41) is 4.13. The fraction of sp³-hybridized carbons (Fsp3) is 0.625. The van der Waals surface area contributed by atoms with Crippen LogP contribution in [0.4, 0.5) is 0 Å². The van der Waals surface area contributed by atoms with Crippen molar-refractivity contribution in [2.45, 2.75) is 13.5 Å². The minimum atomic E-state index is 0.587. The summed E-state index contributed by atoms with van der Waals surface area (Å²) in [4.78, 5) is 2.40. The first-order valence-electron chi connectivity index (χ1n) is 7.74. The quantitative estimate of drug-likeness (QED) is 0.741. The van der Waals surface area contributed by atoms with Gasteiger partial charge in [-0.1, -0.05) is 11.6 Å². The fourth-order valence-electron chi connectivity index (χ4n) is 2.43. The lowest BCUT2D eigenvalue weighted by molar-refractivity contribution is 0.0384. The van der Waals surface area contributed by atoms with Crippen molar-refractivity contribution in [2.75, 3.05) is 53.1 Å². The van der Waals surface area contributed by atoms with Crippen LogP contribution in [-0.4, -0.2) is 58.0 Å². The van der Waals surface area contributed by atoms with Crippen LogP contribution in [0.5, 0.6) is 11.5 Å². The molecule has 0 spiro atoms. The van der Waals surface area contributed by atoms with Crippen LogP contribution in [0.25, 0.3) is 0 Å². The van der Waals surface area contributed by atoms with Crippen molar-refractivity contribution in [1.29, 1.82) is 0 Å². The molecule has 1 fully saturated rings. The zero-order chi connectivity index (χ0) is 15.8. The second-order valence-electron chi connectivity index (χ2n) is 5.16. The molecule has 0 saturated carbocycles. The summed E-state index contributed by atoms with van der Waals surface area (Å²) >= 11 is 6.32. The molecule has 1 aromatic carbocycles. The Morgan fingerprint density at radius 3 is 2.73 bits per heavy atom. The van der Waals surface area contributed by atoms with Gasteiger partial charge in [-0.2, -0.15) is 0 Å². The van der Waals surface area contributed by atoms with Gasteiger partial charge in [-0.25, -0.2) is 0 Å². The van der Waals surface area contributed by atoms with E-state index in [2.05, 4.69) is 10.2 Å². The second kappa shape index (κ2) is 9.20. The highest BCUT2D eigenvalue weighted by Crippen LogP contribution is 2.33. The molecule has 0 aliphatic carbocycles. The van der Waals surface area contributed by atoms with E-state index in [1.807, 2.05) is 19.1 Å². The third-order valence-electron chi connectivity index (χ3n) is 3.66. The highest BCUT2D eigenvalue weighted by Gasteiger charge is 2.11. The summed E-state index contributed by atoms with van der Waals surface area (Å²) in [5.74, 6) is 1.41. The Labute approximate surface area is 137 Å². The highest BCUT2D eigenvalue weighted by atomic mass is 35.5. The van der Waals surface area contributed by atoms with Crippen molar-refractivity contribution >= 4 is 11.6 Å². The molecule has 0 bridgehead atoms. The number of benzene rings is 1. The number of ether oxygens (including phenoxy) is 3. The molecule has 0 radical (unpaired) electrons. The predicted molar refractivity (Wildman–Crippen MR) is 88.1 cm³/mol. The summed E-state index contributed by atoms with van der Waals surface area (Å²) in [7, 11) is 1.64. The van der Waals surface area contributed by atoms with Gasteiger partial charge in [0.15, 0.2) is 11.5 Å². The number of rotatable bonds is 8. The molecule has 0 atom stereocenters. The Kier molecular flexibility index (Phi) is 7.25. The molecule has 1 heterocycles. The van der Waals surface area contributed by atoms with Gasteiger partial charge in [-0.15, -0.1) is 0 Å². The third-order valence-corrected chi connectivity index (χ3v) is 4.01. The van der Waals surface area contributed by atoms with Gasteiger partial charge in [-0.05, 0) is 18.6 Å². The number of hydrogen-bond donors (Lipinski definition) is 1. The van der Waals surface area contributed by atoms with E-state index < -0.39 is 0 Å². The van der Waals surface area contributed by atoms with Gasteiger partial charge in [0.2, 0.25) is 0 Å². The van der Waals surface area contributed by atoms with Crippen LogP contribution >= 0.6 is 11.6 Å². The summed E-state index contributed by atoms with van der Waals surface area (Å²) in [6.45, 7) is 8.88. The Bertz CT molecular complexity index is 465. The first kappa shape index (κ1) is 17.3. The van der Waals surface area contributed by atoms with Crippen molar-refractivity contribution in [1.82, 2.24) is 10.2 Å². The van der Waals surface area contributed by atoms with E-state index in [1.54, 1.807) is 7.11 Å². The average molecular weight is 329 g/mol. The molecule has 6 heteroatoms. The number of nitrogens with one attached hydrogen (secondary N) is 1. The first-order valence-corrected chi connectivity index (χ1v) is 8.12. The first-order chi connectivity index (χ1) is 10.7. The van der Waals surface area contributed by atoms with E-state index >= 15 is 0 Å². The molecule has 1 saturated heterocycles. The topological polar surface area (TPSA) is 43.0 Å². The predicted octanol–water partition coefficient (Wildman–Crippen LogP) is 2.17. The van der Waals surface area contributed by atoms with Crippen LogP contribution < -0.4 is 14.8 Å². The summed E-state index contributed by atoms with van der Waals surface area (Å²) in [5.41, 5.74) is 1.02. The van der Waals surface area contributed by atoms with E-state index in [0.717, 1.165) is 50.7 Å². The van der Waals surface area contributed by atoms with Crippen LogP contribution in [0.15, 0.2) is 12.1 Å². The van der Waals surface area contributed by atoms with Crippen molar-refractivity contribution < 1.29 is 14.2 Å². The van der Waals surface area contributed by atoms with Gasteiger partial charge in [0.05, 0.1) is 26.9 Å². The van der Waals surface area contributed by atoms with E-state index in [-0.39, 0.29) is 0 Å². The van der Waals surface area contributed by atoms with Crippen LogP contribution in [0, 0.1) is 0 Å². The molecule has 5 nitrogen and oxygen atoms in total. The lowest BCUT2D eigenvalue weighted by Crippen LogP contribution is -2.40. The van der Waals surface area contributed by atoms with Gasteiger partial charge in [-0.3, -0.25) is 4.90 Å². The van der Waals surface area contributed by atoms with Gasteiger partial charge in [0.1, 0.15) is 0 Å². The Morgan fingerprint density at radius 2 is 2.05 bits per heavy atom. The van der Waals surface area contributed by atoms with Gasteiger partial charge >= 0.3 is 0 Å². The maximum atomic E-state index is 6.32. The minimum absolute atomic E-state index is 0.587. The van der Waals surface area contributed by atoms with Gasteiger partial charge < -0.3 is 19.5 Å². The molecule has 1 aliphatic rings. The average Bonchev–Trinajstić information content (AvgIpc) is 2.54. The maximum Gasteiger partial charge on any atom is 0.162 e. The molecular formula is C16H25ClN2O3. The number of morpholine rings is 1. The number of hydrogen-bond acceptors (Lipinski definition) is 5. The van der Waals surface area contributed by atoms with Crippen LogP contribution in [0.3, 0.4) is 0 Å². The molecule has 0 aromatic heterocycles. The van der Waals surface area contributed by atoms with E-state index in [9.17, 15) is 0 Å². The lowest BCUT2D eigenvalue weighted by atomic mass is 10.2. The van der Waals surface area contributed by atoms with Crippen LogP contribution in [-0.2, 0) is 11.3 Å². The normalized spacial score (nSPS) is 15.8. The smallest absolute Gasteiger partial charge is 0.162 e. The monoisotopic (exact) mass is 328 g/mol. The summed E-state index contributed by atoms with van der Waals surface area (Å²) in [6.07, 6.45) is 0. The number of methoxy groups -OCH3 is 1. The Balaban J connectivity index is 1.83. The van der Waals surface area contributed by atoms with Crippen LogP contribution in [0.1, 0.15) is 12.5 Å². The molecule has 0 amide bonds. The molecule has 1 aromatic rings. The SMILES string of the molecule is CCOc1cc(Cl)c(CNCCN2CCOCC2)cc1OC. The van der Waals surface area contributed by atoms with E-state index in [1.165, 1.54) is 0 Å². The molecule has 1 aliphatic heterocycles. The summed E-state index contributed by atoms with van der Waals surface area (Å²) < 4.78 is 16.2. The second-order valence-corrected chi connectivity index (χ2v) is 5.57. The lowest BCUT2D eigenvalue weighted by Gasteiger charge is -2.26. The number of halogens is 1. The standard InChI is InChI=1S/C16H25ClN2O3/c1-3-22-16-11-14(17)13(10-15(16)20-2)12-18-4-5-19-6-8-21-9-7-19/h10-11,18H,3-9,12H2,1-2H3. The minimum Gasteiger partial charge on any atom is -0.493 e. The zero-order valence-electron chi connectivity index (χ0n) is 13.4. The van der Waals surface area contributed by atoms with Crippen molar-refractivity contribution in [3.63, 3.8) is 0 Å². The highest BCUT2D eigenvalue weighted by molar-refractivity contribution is 6.31. The maximum absolute atomic E-state index is 6.32. The molecule has 2 rings (SSSR count). The molecular weight excluding hydrogens is 304 g/mol. The van der Waals surface area contributed by atoms with E-state index in [4.69, 9.17) is 25.8 Å². The van der Waals surface area contributed by atoms with Crippen molar-refractivity contribution in [2.24, 2.45) is 0 Å².